The molecule has 1 N–H and O–H groups in total. The van der Waals surface area contributed by atoms with E-state index in [0.29, 0.717) is 17.1 Å². The van der Waals surface area contributed by atoms with Gasteiger partial charge in [0, 0.05) is 12.2 Å². The number of carboxylic acids is 1. The first-order chi connectivity index (χ1) is 9.80. The SMILES string of the molecule is Cc1cc(C#N)cc(N2CCS(=O)(=O)CC2CC(=O)O)n1. The normalized spacial score (nSPS) is 20.8. The molecule has 1 aromatic heterocycles. The van der Waals surface area contributed by atoms with Crippen molar-refractivity contribution in [3.63, 3.8) is 0 Å². The summed E-state index contributed by atoms with van der Waals surface area (Å²) >= 11 is 0. The second-order valence-corrected chi connectivity index (χ2v) is 7.26. The third-order valence-electron chi connectivity index (χ3n) is 3.30. The number of sulfone groups is 1. The second-order valence-electron chi connectivity index (χ2n) is 5.03. The third kappa shape index (κ3) is 3.70. The first-order valence-electron chi connectivity index (χ1n) is 6.38. The predicted molar refractivity (Wildman–Crippen MR) is 75.7 cm³/mol. The minimum atomic E-state index is -3.24. The molecule has 0 aromatic carbocycles. The maximum absolute atomic E-state index is 11.7. The number of hydrogen-bond acceptors (Lipinski definition) is 6. The van der Waals surface area contributed by atoms with Crippen LogP contribution in [0.3, 0.4) is 0 Å². The zero-order valence-corrected chi connectivity index (χ0v) is 12.3. The molecule has 0 spiro atoms. The van der Waals surface area contributed by atoms with Gasteiger partial charge in [0.15, 0.2) is 9.84 Å². The molecule has 0 aliphatic carbocycles. The monoisotopic (exact) mass is 309 g/mol. The molecule has 2 rings (SSSR count). The molecule has 1 aliphatic heterocycles. The highest BCUT2D eigenvalue weighted by Crippen LogP contribution is 2.23. The van der Waals surface area contributed by atoms with E-state index in [1.807, 2.05) is 6.07 Å². The first-order valence-corrected chi connectivity index (χ1v) is 8.20. The fraction of sp³-hybridized carbons (Fsp3) is 0.462. The van der Waals surface area contributed by atoms with Crippen LogP contribution < -0.4 is 4.90 Å². The van der Waals surface area contributed by atoms with Gasteiger partial charge in [-0.3, -0.25) is 4.79 Å². The van der Waals surface area contributed by atoms with Crippen molar-refractivity contribution in [2.24, 2.45) is 0 Å². The summed E-state index contributed by atoms with van der Waals surface area (Å²) < 4.78 is 23.4. The molecule has 8 heteroatoms. The highest BCUT2D eigenvalue weighted by Gasteiger charge is 2.33. The Morgan fingerprint density at radius 3 is 2.90 bits per heavy atom. The summed E-state index contributed by atoms with van der Waals surface area (Å²) in [5.41, 5.74) is 1.05. The molecule has 1 aliphatic rings. The quantitative estimate of drug-likeness (QED) is 0.856. The van der Waals surface area contributed by atoms with E-state index < -0.39 is 21.8 Å². The highest BCUT2D eigenvalue weighted by molar-refractivity contribution is 7.91. The van der Waals surface area contributed by atoms with Crippen molar-refractivity contribution in [3.05, 3.63) is 23.4 Å². The van der Waals surface area contributed by atoms with Crippen LogP contribution in [0.1, 0.15) is 17.7 Å². The number of pyridine rings is 1. The Balaban J connectivity index is 2.38. The van der Waals surface area contributed by atoms with Gasteiger partial charge in [0.05, 0.1) is 35.6 Å². The van der Waals surface area contributed by atoms with Gasteiger partial charge in [0.25, 0.3) is 0 Å². The number of carboxylic acid groups (broad SMARTS) is 1. The average molecular weight is 309 g/mol. The molecule has 1 aromatic rings. The number of aromatic nitrogens is 1. The molecule has 2 heterocycles. The van der Waals surface area contributed by atoms with Gasteiger partial charge in [0.1, 0.15) is 5.82 Å². The van der Waals surface area contributed by atoms with Crippen molar-refractivity contribution >= 4 is 21.6 Å². The van der Waals surface area contributed by atoms with Crippen molar-refractivity contribution in [1.82, 2.24) is 4.98 Å². The first kappa shape index (κ1) is 15.3. The van der Waals surface area contributed by atoms with Crippen LogP contribution in [0.5, 0.6) is 0 Å². The van der Waals surface area contributed by atoms with E-state index in [2.05, 4.69) is 4.98 Å². The Hall–Kier alpha value is -2.14. The number of anilines is 1. The molecule has 1 saturated heterocycles. The number of aryl methyl sites for hydroxylation is 1. The fourth-order valence-electron chi connectivity index (χ4n) is 2.42. The zero-order valence-electron chi connectivity index (χ0n) is 11.5. The lowest BCUT2D eigenvalue weighted by atomic mass is 10.1. The predicted octanol–water partition coefficient (Wildman–Crippen LogP) is 0.340. The van der Waals surface area contributed by atoms with Crippen LogP contribution in [0.15, 0.2) is 12.1 Å². The molecule has 0 bridgehead atoms. The van der Waals surface area contributed by atoms with Crippen LogP contribution in [0.4, 0.5) is 5.82 Å². The molecule has 0 amide bonds. The Bertz CT molecular complexity index is 709. The summed E-state index contributed by atoms with van der Waals surface area (Å²) in [4.78, 5) is 16.9. The lowest BCUT2D eigenvalue weighted by Gasteiger charge is -2.35. The Kier molecular flexibility index (Phi) is 4.14. The van der Waals surface area contributed by atoms with E-state index in [-0.39, 0.29) is 24.5 Å². The van der Waals surface area contributed by atoms with Crippen LogP contribution in [-0.2, 0) is 14.6 Å². The number of rotatable bonds is 3. The van der Waals surface area contributed by atoms with Gasteiger partial charge in [-0.05, 0) is 19.1 Å². The van der Waals surface area contributed by atoms with Crippen LogP contribution in [-0.4, -0.2) is 48.6 Å². The van der Waals surface area contributed by atoms with Gasteiger partial charge in [-0.15, -0.1) is 0 Å². The van der Waals surface area contributed by atoms with Crippen molar-refractivity contribution in [3.8, 4) is 6.07 Å². The van der Waals surface area contributed by atoms with Crippen LogP contribution in [0.2, 0.25) is 0 Å². The van der Waals surface area contributed by atoms with Crippen LogP contribution in [0, 0.1) is 18.3 Å². The summed E-state index contributed by atoms with van der Waals surface area (Å²) in [6.07, 6.45) is -0.281. The summed E-state index contributed by atoms with van der Waals surface area (Å²) in [5, 5.41) is 18.0. The second kappa shape index (κ2) is 5.69. The molecule has 1 fully saturated rings. The summed E-state index contributed by atoms with van der Waals surface area (Å²) in [6, 6.07) is 4.53. The zero-order chi connectivity index (χ0) is 15.6. The fourth-order valence-corrected chi connectivity index (χ4v) is 3.95. The molecule has 21 heavy (non-hydrogen) atoms. The van der Waals surface area contributed by atoms with Crippen molar-refractivity contribution in [2.75, 3.05) is 23.0 Å². The minimum absolute atomic E-state index is 0.0410. The molecule has 0 radical (unpaired) electrons. The molecule has 112 valence electrons. The van der Waals surface area contributed by atoms with E-state index in [9.17, 15) is 13.2 Å². The summed E-state index contributed by atoms with van der Waals surface area (Å²) in [5.74, 6) is -0.861. The van der Waals surface area contributed by atoms with E-state index in [1.165, 1.54) is 0 Å². The molecule has 7 nitrogen and oxygen atoms in total. The minimum Gasteiger partial charge on any atom is -0.481 e. The Morgan fingerprint density at radius 2 is 2.29 bits per heavy atom. The van der Waals surface area contributed by atoms with E-state index in [0.717, 1.165) is 0 Å². The lowest BCUT2D eigenvalue weighted by Crippen LogP contribution is -2.50. The topological polar surface area (TPSA) is 111 Å². The van der Waals surface area contributed by atoms with Gasteiger partial charge in [-0.1, -0.05) is 0 Å². The van der Waals surface area contributed by atoms with Crippen molar-refractivity contribution < 1.29 is 18.3 Å². The van der Waals surface area contributed by atoms with Gasteiger partial charge >= 0.3 is 5.97 Å². The Morgan fingerprint density at radius 1 is 1.57 bits per heavy atom. The molecular formula is C13H15N3O4S. The maximum Gasteiger partial charge on any atom is 0.305 e. The molecule has 0 saturated carbocycles. The smallest absolute Gasteiger partial charge is 0.305 e. The van der Waals surface area contributed by atoms with Gasteiger partial charge in [-0.2, -0.15) is 5.26 Å². The largest absolute Gasteiger partial charge is 0.481 e. The number of nitriles is 1. The van der Waals surface area contributed by atoms with Crippen molar-refractivity contribution in [2.45, 2.75) is 19.4 Å². The van der Waals surface area contributed by atoms with Crippen LogP contribution >= 0.6 is 0 Å². The van der Waals surface area contributed by atoms with Crippen molar-refractivity contribution in [1.29, 1.82) is 5.26 Å². The summed E-state index contributed by atoms with van der Waals surface area (Å²) in [7, 11) is -3.24. The highest BCUT2D eigenvalue weighted by atomic mass is 32.2. The third-order valence-corrected chi connectivity index (χ3v) is 5.00. The molecular weight excluding hydrogens is 294 g/mol. The molecule has 1 atom stereocenters. The van der Waals surface area contributed by atoms with E-state index in [1.54, 1.807) is 24.0 Å². The van der Waals surface area contributed by atoms with Gasteiger partial charge in [0.2, 0.25) is 0 Å². The van der Waals surface area contributed by atoms with Gasteiger partial charge < -0.3 is 10.0 Å². The number of aliphatic carboxylic acids is 1. The summed E-state index contributed by atoms with van der Waals surface area (Å²) in [6.45, 7) is 1.92. The number of hydrogen-bond donors (Lipinski definition) is 1. The average Bonchev–Trinajstić information content (AvgIpc) is 2.36. The van der Waals surface area contributed by atoms with E-state index in [4.69, 9.17) is 10.4 Å². The molecule has 1 unspecified atom stereocenters. The Labute approximate surface area is 122 Å². The van der Waals surface area contributed by atoms with E-state index >= 15 is 0 Å². The standard InChI is InChI=1S/C13H15N3O4S/c1-9-4-10(7-14)5-12(15-9)16-2-3-21(19,20)8-11(16)6-13(17)18/h4-5,11H,2-3,6,8H2,1H3,(H,17,18). The maximum atomic E-state index is 11.7. The number of nitrogens with zero attached hydrogens (tertiary/aromatic N) is 3. The number of carbonyl (C=O) groups is 1. The lowest BCUT2D eigenvalue weighted by molar-refractivity contribution is -0.137. The van der Waals surface area contributed by atoms with Crippen LogP contribution in [0.25, 0.3) is 0 Å². The van der Waals surface area contributed by atoms with Gasteiger partial charge in [-0.25, -0.2) is 13.4 Å².